The van der Waals surface area contributed by atoms with Gasteiger partial charge < -0.3 is 19.8 Å². The Morgan fingerprint density at radius 1 is 0.907 bits per heavy atom. The SMILES string of the molecule is CCCC(C)N1CC=C[C@]23S[C@@]4(C)C=CCN(Cc5ccccc5)C(=O)[C@H]4[C@H]2C(=O)N([C@H](CO)c2ccccc2)C3C1=O. The van der Waals surface area contributed by atoms with Gasteiger partial charge in [-0.2, -0.15) is 0 Å². The van der Waals surface area contributed by atoms with Gasteiger partial charge in [-0.15, -0.1) is 11.8 Å². The molecule has 6 rings (SSSR count). The Bertz CT molecular complexity index is 1430. The molecular weight excluding hydrogens is 558 g/mol. The summed E-state index contributed by atoms with van der Waals surface area (Å²) in [5.41, 5.74) is 1.80. The van der Waals surface area contributed by atoms with Gasteiger partial charge in [-0.25, -0.2) is 0 Å². The van der Waals surface area contributed by atoms with Gasteiger partial charge in [0.25, 0.3) is 0 Å². The number of carbonyl (C=O) groups is 3. The average Bonchev–Trinajstić information content (AvgIpc) is 3.27. The molecule has 0 saturated carbocycles. The number of nitrogens with zero attached hydrogens (tertiary/aromatic N) is 3. The van der Waals surface area contributed by atoms with Gasteiger partial charge in [0, 0.05) is 30.4 Å². The summed E-state index contributed by atoms with van der Waals surface area (Å²) in [5.74, 6) is -1.82. The van der Waals surface area contributed by atoms with E-state index in [-0.39, 0.29) is 30.4 Å². The van der Waals surface area contributed by atoms with Gasteiger partial charge in [0.2, 0.25) is 17.7 Å². The van der Waals surface area contributed by atoms with Crippen LogP contribution in [-0.4, -0.2) is 78.8 Å². The molecule has 0 aromatic heterocycles. The van der Waals surface area contributed by atoms with Crippen LogP contribution >= 0.6 is 11.8 Å². The lowest BCUT2D eigenvalue weighted by Gasteiger charge is -2.41. The van der Waals surface area contributed by atoms with E-state index in [1.807, 2.05) is 89.5 Å². The fraction of sp³-hybridized carbons (Fsp3) is 0.457. The van der Waals surface area contributed by atoms with E-state index in [0.717, 1.165) is 24.0 Å². The fourth-order valence-electron chi connectivity index (χ4n) is 7.81. The number of likely N-dealkylation sites (tertiary alicyclic amines) is 1. The number of fused-ring (bicyclic) bond motifs is 2. The summed E-state index contributed by atoms with van der Waals surface area (Å²) in [4.78, 5) is 49.6. The van der Waals surface area contributed by atoms with E-state index < -0.39 is 33.4 Å². The Hall–Kier alpha value is -3.36. The van der Waals surface area contributed by atoms with Crippen LogP contribution in [0.15, 0.2) is 85.0 Å². The van der Waals surface area contributed by atoms with E-state index in [0.29, 0.717) is 19.6 Å². The van der Waals surface area contributed by atoms with Gasteiger partial charge in [0.1, 0.15) is 6.04 Å². The van der Waals surface area contributed by atoms with Crippen LogP contribution in [0.1, 0.15) is 50.8 Å². The predicted molar refractivity (Wildman–Crippen MR) is 169 cm³/mol. The molecule has 2 saturated heterocycles. The van der Waals surface area contributed by atoms with Gasteiger partial charge >= 0.3 is 0 Å². The van der Waals surface area contributed by atoms with Crippen molar-refractivity contribution < 1.29 is 19.5 Å². The summed E-state index contributed by atoms with van der Waals surface area (Å²) in [6.07, 6.45) is 10.0. The topological polar surface area (TPSA) is 81.2 Å². The summed E-state index contributed by atoms with van der Waals surface area (Å²) in [7, 11) is 0. The van der Waals surface area contributed by atoms with Crippen molar-refractivity contribution in [3.8, 4) is 0 Å². The lowest BCUT2D eigenvalue weighted by atomic mass is 9.74. The molecule has 4 aliphatic heterocycles. The maximum atomic E-state index is 14.9. The number of thioether (sulfide) groups is 1. The zero-order chi connectivity index (χ0) is 30.4. The lowest BCUT2D eigenvalue weighted by molar-refractivity contribution is -0.148. The molecule has 0 radical (unpaired) electrons. The molecular formula is C35H41N3O4S. The first-order valence-corrected chi connectivity index (χ1v) is 16.2. The highest BCUT2D eigenvalue weighted by atomic mass is 32.2. The maximum absolute atomic E-state index is 14.9. The molecule has 2 unspecified atom stereocenters. The molecule has 2 fully saturated rings. The number of hydrogen-bond donors (Lipinski definition) is 1. The molecule has 0 bridgehead atoms. The van der Waals surface area contributed by atoms with Gasteiger partial charge in [-0.1, -0.05) is 98.3 Å². The Morgan fingerprint density at radius 3 is 2.26 bits per heavy atom. The van der Waals surface area contributed by atoms with E-state index in [4.69, 9.17) is 0 Å². The van der Waals surface area contributed by atoms with Gasteiger partial charge in [0.05, 0.1) is 29.2 Å². The minimum absolute atomic E-state index is 0.00652. The standard InChI is InChI=1S/C35H41N3O4S/c1-4-13-24(2)37-21-12-19-35-29(32(41)38(30(35)33(37)42)27(23-39)26-16-9-6-10-17-26)28-31(40)36(20-11-18-34(28,3)43-35)22-25-14-7-5-8-15-25/h5-12,14-19,24,27-30,39H,4,13,20-23H2,1-3H3/t24?,27-,28-,29+,30?,34+,35+/m1/s1. The van der Waals surface area contributed by atoms with Crippen molar-refractivity contribution in [1.82, 2.24) is 14.7 Å². The second kappa shape index (κ2) is 11.6. The number of aliphatic hydroxyl groups is 1. The molecule has 1 N–H and O–H groups in total. The van der Waals surface area contributed by atoms with Crippen molar-refractivity contribution in [1.29, 1.82) is 0 Å². The minimum Gasteiger partial charge on any atom is -0.394 e. The third-order valence-corrected chi connectivity index (χ3v) is 11.6. The summed E-state index contributed by atoms with van der Waals surface area (Å²) in [5, 5.41) is 10.8. The zero-order valence-corrected chi connectivity index (χ0v) is 26.0. The van der Waals surface area contributed by atoms with Crippen molar-refractivity contribution in [2.45, 2.75) is 67.8 Å². The Kier molecular flexibility index (Phi) is 8.03. The Morgan fingerprint density at radius 2 is 1.58 bits per heavy atom. The third-order valence-electron chi connectivity index (χ3n) is 9.76. The summed E-state index contributed by atoms with van der Waals surface area (Å²) in [6.45, 7) is 7.25. The Labute approximate surface area is 258 Å². The highest BCUT2D eigenvalue weighted by Gasteiger charge is 2.74. The van der Waals surface area contributed by atoms with Crippen molar-refractivity contribution in [2.75, 3.05) is 19.7 Å². The minimum atomic E-state index is -0.952. The smallest absolute Gasteiger partial charge is 0.247 e. The number of benzene rings is 2. The first kappa shape index (κ1) is 29.7. The molecule has 226 valence electrons. The predicted octanol–water partition coefficient (Wildman–Crippen LogP) is 4.59. The van der Waals surface area contributed by atoms with Crippen LogP contribution in [0.25, 0.3) is 0 Å². The van der Waals surface area contributed by atoms with Gasteiger partial charge in [-0.05, 0) is 31.4 Å². The highest BCUT2D eigenvalue weighted by Crippen LogP contribution is 2.66. The zero-order valence-electron chi connectivity index (χ0n) is 25.1. The normalized spacial score (nSPS) is 31.4. The van der Waals surface area contributed by atoms with E-state index in [1.54, 1.807) is 16.7 Å². The first-order valence-electron chi connectivity index (χ1n) is 15.4. The molecule has 1 spiro atoms. The molecule has 2 aromatic rings. The van der Waals surface area contributed by atoms with Crippen LogP contribution in [-0.2, 0) is 20.9 Å². The molecule has 2 aromatic carbocycles. The highest BCUT2D eigenvalue weighted by molar-refractivity contribution is 8.02. The largest absolute Gasteiger partial charge is 0.394 e. The Balaban J connectivity index is 1.48. The quantitative estimate of drug-likeness (QED) is 0.449. The van der Waals surface area contributed by atoms with Crippen LogP contribution in [0.4, 0.5) is 0 Å². The number of hydrogen-bond acceptors (Lipinski definition) is 5. The molecule has 4 heterocycles. The van der Waals surface area contributed by atoms with E-state index >= 15 is 0 Å². The molecule has 7 nitrogen and oxygen atoms in total. The third kappa shape index (κ3) is 4.83. The second-order valence-corrected chi connectivity index (χ2v) is 14.3. The van der Waals surface area contributed by atoms with Crippen molar-refractivity contribution in [2.24, 2.45) is 11.8 Å². The van der Waals surface area contributed by atoms with E-state index in [2.05, 4.69) is 26.0 Å². The summed E-state index contributed by atoms with van der Waals surface area (Å²) < 4.78 is -1.63. The van der Waals surface area contributed by atoms with Crippen LogP contribution < -0.4 is 0 Å². The van der Waals surface area contributed by atoms with E-state index in [9.17, 15) is 19.5 Å². The molecule has 4 aliphatic rings. The molecule has 7 atom stereocenters. The number of carbonyl (C=O) groups excluding carboxylic acids is 3. The molecule has 3 amide bonds. The maximum Gasteiger partial charge on any atom is 0.247 e. The van der Waals surface area contributed by atoms with Crippen molar-refractivity contribution >= 4 is 29.5 Å². The van der Waals surface area contributed by atoms with Crippen LogP contribution in [0.3, 0.4) is 0 Å². The number of amides is 3. The van der Waals surface area contributed by atoms with Crippen molar-refractivity contribution in [3.63, 3.8) is 0 Å². The van der Waals surface area contributed by atoms with Crippen molar-refractivity contribution in [3.05, 3.63) is 96.1 Å². The van der Waals surface area contributed by atoms with Gasteiger partial charge in [0.15, 0.2) is 0 Å². The van der Waals surface area contributed by atoms with E-state index in [1.165, 1.54) is 0 Å². The van der Waals surface area contributed by atoms with Crippen LogP contribution in [0.2, 0.25) is 0 Å². The molecule has 43 heavy (non-hydrogen) atoms. The number of aliphatic hydroxyl groups excluding tert-OH is 1. The average molecular weight is 600 g/mol. The second-order valence-electron chi connectivity index (χ2n) is 12.5. The summed E-state index contributed by atoms with van der Waals surface area (Å²) in [6, 6.07) is 17.8. The lowest BCUT2D eigenvalue weighted by Crippen LogP contribution is -2.56. The van der Waals surface area contributed by atoms with Crippen LogP contribution in [0, 0.1) is 11.8 Å². The van der Waals surface area contributed by atoms with Gasteiger partial charge in [-0.3, -0.25) is 14.4 Å². The molecule has 0 aliphatic carbocycles. The molecule has 8 heteroatoms. The van der Waals surface area contributed by atoms with Crippen LogP contribution in [0.5, 0.6) is 0 Å². The monoisotopic (exact) mass is 599 g/mol. The first-order chi connectivity index (χ1) is 20.8. The fourth-order valence-corrected chi connectivity index (χ4v) is 9.95. The number of rotatable bonds is 8. The summed E-state index contributed by atoms with van der Waals surface area (Å²) >= 11 is 1.59.